The van der Waals surface area contributed by atoms with Gasteiger partial charge in [-0.25, -0.2) is 15.0 Å². The van der Waals surface area contributed by atoms with Crippen LogP contribution in [0.2, 0.25) is 0 Å². The van der Waals surface area contributed by atoms with Gasteiger partial charge in [-0.05, 0) is 0 Å². The van der Waals surface area contributed by atoms with Gasteiger partial charge in [0.15, 0.2) is 0 Å². The number of hydrogen-bond donors (Lipinski definition) is 0. The summed E-state index contributed by atoms with van der Waals surface area (Å²) in [6, 6.07) is 0. The highest BCUT2D eigenvalue weighted by molar-refractivity contribution is 7.10. The molecule has 146 valence electrons. The summed E-state index contributed by atoms with van der Waals surface area (Å²) < 4.78 is 0. The van der Waals surface area contributed by atoms with Crippen molar-refractivity contribution in [2.24, 2.45) is 15.0 Å². The molecule has 0 bridgehead atoms. The van der Waals surface area contributed by atoms with Crippen molar-refractivity contribution in [1.29, 1.82) is 0 Å². The number of hydrogen-bond acceptors (Lipinski definition) is 10. The summed E-state index contributed by atoms with van der Waals surface area (Å²) in [6.45, 7) is 4.08. The quantitative estimate of drug-likeness (QED) is 0.411. The molecule has 28 heavy (non-hydrogen) atoms. The zero-order valence-electron chi connectivity index (χ0n) is 15.3. The molecule has 0 saturated heterocycles. The second kappa shape index (κ2) is 12.3. The first-order valence-corrected chi connectivity index (χ1v) is 11.4. The van der Waals surface area contributed by atoms with E-state index in [1.807, 2.05) is 34.8 Å². The topological polar surface area (TPSA) is 79.0 Å². The fourth-order valence-electron chi connectivity index (χ4n) is 2.16. The highest BCUT2D eigenvalue weighted by Crippen LogP contribution is 2.06. The SMILES string of the molecule is C(CN(CC=NCc1nccs1)CC=NCc1nccs1)=NCc1nccs1. The molecule has 7 nitrogen and oxygen atoms in total. The summed E-state index contributed by atoms with van der Waals surface area (Å²) in [4.78, 5) is 28.4. The minimum absolute atomic E-state index is 0.627. The van der Waals surface area contributed by atoms with E-state index in [4.69, 9.17) is 0 Å². The van der Waals surface area contributed by atoms with Gasteiger partial charge in [-0.1, -0.05) is 0 Å². The molecule has 3 rings (SSSR count). The predicted molar refractivity (Wildman–Crippen MR) is 119 cm³/mol. The van der Waals surface area contributed by atoms with Crippen LogP contribution in [-0.2, 0) is 19.6 Å². The molecule has 0 radical (unpaired) electrons. The summed E-state index contributed by atoms with van der Waals surface area (Å²) in [5.41, 5.74) is 0. The number of thiazole rings is 3. The Bertz CT molecular complexity index is 725. The van der Waals surface area contributed by atoms with Crippen molar-refractivity contribution in [3.05, 3.63) is 49.8 Å². The average molecular weight is 432 g/mol. The Hall–Kier alpha value is -2.14. The van der Waals surface area contributed by atoms with Crippen LogP contribution in [0.15, 0.2) is 49.7 Å². The maximum absolute atomic E-state index is 4.47. The number of rotatable bonds is 12. The third kappa shape index (κ3) is 7.85. The molecule has 0 spiro atoms. The van der Waals surface area contributed by atoms with Crippen LogP contribution in [-0.4, -0.2) is 58.1 Å². The largest absolute Gasteiger partial charge is 0.289 e. The second-order valence-corrected chi connectivity index (χ2v) is 8.50. The van der Waals surface area contributed by atoms with Crippen molar-refractivity contribution in [2.45, 2.75) is 19.6 Å². The lowest BCUT2D eigenvalue weighted by atomic mass is 10.4. The zero-order chi connectivity index (χ0) is 19.3. The lowest BCUT2D eigenvalue weighted by Gasteiger charge is -2.15. The average Bonchev–Trinajstić information content (AvgIpc) is 3.48. The van der Waals surface area contributed by atoms with Crippen LogP contribution in [0, 0.1) is 0 Å². The molecule has 0 aliphatic carbocycles. The molecule has 0 unspecified atom stereocenters. The molecule has 3 heterocycles. The van der Waals surface area contributed by atoms with E-state index in [1.54, 1.807) is 52.6 Å². The van der Waals surface area contributed by atoms with Crippen molar-refractivity contribution in [2.75, 3.05) is 19.6 Å². The van der Waals surface area contributed by atoms with Gasteiger partial charge in [0.25, 0.3) is 0 Å². The molecule has 0 fully saturated rings. The van der Waals surface area contributed by atoms with Gasteiger partial charge in [-0.15, -0.1) is 34.0 Å². The smallest absolute Gasteiger partial charge is 0.114 e. The van der Waals surface area contributed by atoms with Crippen LogP contribution in [0.5, 0.6) is 0 Å². The Balaban J connectivity index is 1.45. The Morgan fingerprint density at radius 1 is 0.643 bits per heavy atom. The second-order valence-electron chi connectivity index (χ2n) is 5.57. The third-order valence-corrected chi connectivity index (χ3v) is 5.83. The van der Waals surface area contributed by atoms with Crippen LogP contribution in [0.3, 0.4) is 0 Å². The molecular weight excluding hydrogens is 410 g/mol. The normalized spacial score (nSPS) is 12.3. The van der Waals surface area contributed by atoms with Gasteiger partial charge in [-0.2, -0.15) is 0 Å². The molecule has 3 aromatic rings. The monoisotopic (exact) mass is 431 g/mol. The fraction of sp³-hybridized carbons (Fsp3) is 0.333. The Morgan fingerprint density at radius 2 is 1.00 bits per heavy atom. The highest BCUT2D eigenvalue weighted by atomic mass is 32.1. The zero-order valence-corrected chi connectivity index (χ0v) is 17.7. The van der Waals surface area contributed by atoms with Gasteiger partial charge in [0.2, 0.25) is 0 Å². The van der Waals surface area contributed by atoms with E-state index in [2.05, 4.69) is 34.8 Å². The van der Waals surface area contributed by atoms with E-state index in [1.165, 1.54) is 0 Å². The van der Waals surface area contributed by atoms with Crippen LogP contribution < -0.4 is 0 Å². The first-order valence-electron chi connectivity index (χ1n) is 8.72. The summed E-state index contributed by atoms with van der Waals surface area (Å²) in [6.07, 6.45) is 11.2. The molecule has 0 atom stereocenters. The van der Waals surface area contributed by atoms with Crippen LogP contribution in [0.25, 0.3) is 0 Å². The molecule has 0 amide bonds. The van der Waals surface area contributed by atoms with Crippen molar-refractivity contribution in [3.63, 3.8) is 0 Å². The maximum Gasteiger partial charge on any atom is 0.114 e. The molecule has 10 heteroatoms. The lowest BCUT2D eigenvalue weighted by molar-refractivity contribution is 0.414. The van der Waals surface area contributed by atoms with Gasteiger partial charge in [0, 0.05) is 73.0 Å². The summed E-state index contributed by atoms with van der Waals surface area (Å²) >= 11 is 4.87. The number of nitrogens with zero attached hydrogens (tertiary/aromatic N) is 7. The Labute approximate surface area is 176 Å². The van der Waals surface area contributed by atoms with Crippen molar-refractivity contribution >= 4 is 52.7 Å². The molecular formula is C18H21N7S3. The molecule has 0 aromatic carbocycles. The number of aromatic nitrogens is 3. The molecule has 0 N–H and O–H groups in total. The minimum Gasteiger partial charge on any atom is -0.289 e. The van der Waals surface area contributed by atoms with E-state index < -0.39 is 0 Å². The van der Waals surface area contributed by atoms with Crippen molar-refractivity contribution in [1.82, 2.24) is 19.9 Å². The van der Waals surface area contributed by atoms with E-state index >= 15 is 0 Å². The van der Waals surface area contributed by atoms with Crippen LogP contribution in [0.1, 0.15) is 15.0 Å². The first kappa shape index (κ1) is 20.6. The van der Waals surface area contributed by atoms with E-state index in [9.17, 15) is 0 Å². The maximum atomic E-state index is 4.47. The van der Waals surface area contributed by atoms with Crippen molar-refractivity contribution in [3.8, 4) is 0 Å². The third-order valence-electron chi connectivity index (χ3n) is 3.54. The van der Waals surface area contributed by atoms with Crippen LogP contribution in [0.4, 0.5) is 0 Å². The summed E-state index contributed by atoms with van der Waals surface area (Å²) in [7, 11) is 0. The minimum atomic E-state index is 0.627. The standard InChI is InChI=1S/C18H21N7S3/c1(19-13-16-22-4-10-26-16)7-25(8-2-20-14-17-23-5-11-27-17)9-3-21-15-18-24-6-12-28-18/h1-6,10-12H,7-9,13-15H2. The van der Waals surface area contributed by atoms with Gasteiger partial charge in [0.05, 0.1) is 19.6 Å². The van der Waals surface area contributed by atoms with Gasteiger partial charge < -0.3 is 0 Å². The Morgan fingerprint density at radius 3 is 1.29 bits per heavy atom. The molecule has 3 aromatic heterocycles. The highest BCUT2D eigenvalue weighted by Gasteiger charge is 2.01. The predicted octanol–water partition coefficient (Wildman–Crippen LogP) is 3.47. The summed E-state index contributed by atoms with van der Waals surface area (Å²) in [5, 5.41) is 8.98. The first-order chi connectivity index (χ1) is 13.9. The van der Waals surface area contributed by atoms with E-state index in [-0.39, 0.29) is 0 Å². The van der Waals surface area contributed by atoms with Gasteiger partial charge in [0.1, 0.15) is 15.0 Å². The van der Waals surface area contributed by atoms with E-state index in [0.29, 0.717) is 19.6 Å². The van der Waals surface area contributed by atoms with E-state index in [0.717, 1.165) is 34.7 Å². The fourth-order valence-corrected chi connectivity index (χ4v) is 3.81. The molecule has 0 saturated carbocycles. The van der Waals surface area contributed by atoms with Gasteiger partial charge in [-0.3, -0.25) is 19.9 Å². The lowest BCUT2D eigenvalue weighted by Crippen LogP contribution is -2.29. The Kier molecular flexibility index (Phi) is 9.08. The van der Waals surface area contributed by atoms with Gasteiger partial charge >= 0.3 is 0 Å². The van der Waals surface area contributed by atoms with Crippen molar-refractivity contribution < 1.29 is 0 Å². The van der Waals surface area contributed by atoms with Crippen LogP contribution >= 0.6 is 34.0 Å². The number of aliphatic imine (C=N–C) groups is 3. The summed E-state index contributed by atoms with van der Waals surface area (Å²) in [5.74, 6) is 0. The molecule has 0 aliphatic rings. The molecule has 0 aliphatic heterocycles.